The van der Waals surface area contributed by atoms with Crippen LogP contribution in [0.4, 0.5) is 0 Å². The molecule has 0 amide bonds. The van der Waals surface area contributed by atoms with Crippen molar-refractivity contribution in [3.63, 3.8) is 0 Å². The van der Waals surface area contributed by atoms with Gasteiger partial charge >= 0.3 is 0 Å². The highest BCUT2D eigenvalue weighted by molar-refractivity contribution is 6.28. The Hall–Kier alpha value is -7.11. The minimum Gasteiger partial charge on any atom is -0.438 e. The number of aromatic nitrogens is 4. The fourth-order valence-corrected chi connectivity index (χ4v) is 7.88. The second-order valence-corrected chi connectivity index (χ2v) is 13.2. The fraction of sp³-hybridized carbons (Fsp3) is 0. The SMILES string of the molecule is c1ccc(-c2ccc3oc4nc(-c5ccc(-n6c7ccc8ccccc8c7c7c8ccccc8ccc76)cn5)nc(-c5ccccc5)c4c3c2)cc1. The quantitative estimate of drug-likeness (QED) is 0.188. The first-order valence-electron chi connectivity index (χ1n) is 17.4. The van der Waals surface area contributed by atoms with E-state index in [0.717, 1.165) is 55.5 Å². The van der Waals surface area contributed by atoms with Crippen molar-refractivity contribution in [2.75, 3.05) is 0 Å². The molecule has 4 aromatic heterocycles. The predicted octanol–water partition coefficient (Wildman–Crippen LogP) is 12.2. The molecule has 0 unspecified atom stereocenters. The molecular weight excluding hydrogens is 637 g/mol. The molecule has 5 nitrogen and oxygen atoms in total. The summed E-state index contributed by atoms with van der Waals surface area (Å²) in [5.41, 5.74) is 9.29. The predicted molar refractivity (Wildman–Crippen MR) is 213 cm³/mol. The number of rotatable bonds is 4. The number of furan rings is 1. The number of hydrogen-bond donors (Lipinski definition) is 0. The van der Waals surface area contributed by atoms with Gasteiger partial charge in [-0.3, -0.25) is 4.98 Å². The Morgan fingerprint density at radius 2 is 1.10 bits per heavy atom. The number of fused-ring (bicyclic) bond motifs is 10. The van der Waals surface area contributed by atoms with Crippen molar-refractivity contribution in [2.45, 2.75) is 0 Å². The van der Waals surface area contributed by atoms with Crippen LogP contribution in [0, 0.1) is 0 Å². The van der Waals surface area contributed by atoms with Crippen LogP contribution in [0.3, 0.4) is 0 Å². The molecule has 0 aliphatic heterocycles. The first kappa shape index (κ1) is 28.7. The number of hydrogen-bond acceptors (Lipinski definition) is 4. The Balaban J connectivity index is 1.10. The van der Waals surface area contributed by atoms with Gasteiger partial charge in [-0.05, 0) is 69.1 Å². The number of benzene rings is 7. The molecule has 0 saturated carbocycles. The summed E-state index contributed by atoms with van der Waals surface area (Å²) in [5.74, 6) is 0.513. The monoisotopic (exact) mass is 664 g/mol. The van der Waals surface area contributed by atoms with Crippen molar-refractivity contribution in [1.29, 1.82) is 0 Å². The summed E-state index contributed by atoms with van der Waals surface area (Å²) >= 11 is 0. The van der Waals surface area contributed by atoms with Gasteiger partial charge in [-0.1, -0.05) is 127 Å². The summed E-state index contributed by atoms with van der Waals surface area (Å²) < 4.78 is 8.76. The van der Waals surface area contributed by atoms with Crippen LogP contribution in [-0.4, -0.2) is 19.5 Å². The van der Waals surface area contributed by atoms with Crippen LogP contribution in [0.25, 0.3) is 105 Å². The molecule has 11 rings (SSSR count). The van der Waals surface area contributed by atoms with Crippen LogP contribution in [0.15, 0.2) is 174 Å². The van der Waals surface area contributed by atoms with E-state index < -0.39 is 0 Å². The minimum atomic E-state index is 0.513. The van der Waals surface area contributed by atoms with Crippen LogP contribution < -0.4 is 0 Å². The molecule has 11 aromatic rings. The van der Waals surface area contributed by atoms with Crippen molar-refractivity contribution in [3.8, 4) is 39.6 Å². The normalized spacial score (nSPS) is 11.8. The third kappa shape index (κ3) is 4.33. The molecule has 0 radical (unpaired) electrons. The van der Waals surface area contributed by atoms with Crippen LogP contribution in [-0.2, 0) is 0 Å². The van der Waals surface area contributed by atoms with Crippen LogP contribution in [0.5, 0.6) is 0 Å². The van der Waals surface area contributed by atoms with E-state index in [4.69, 9.17) is 19.4 Å². The molecule has 242 valence electrons. The van der Waals surface area contributed by atoms with E-state index in [-0.39, 0.29) is 0 Å². The maximum atomic E-state index is 6.43. The van der Waals surface area contributed by atoms with Gasteiger partial charge in [0, 0.05) is 21.7 Å². The summed E-state index contributed by atoms with van der Waals surface area (Å²) in [7, 11) is 0. The maximum absolute atomic E-state index is 6.43. The number of nitrogens with zero attached hydrogens (tertiary/aromatic N) is 4. The Morgan fingerprint density at radius 3 is 1.75 bits per heavy atom. The van der Waals surface area contributed by atoms with Gasteiger partial charge in [0.25, 0.3) is 0 Å². The minimum absolute atomic E-state index is 0.513. The molecule has 7 aromatic carbocycles. The van der Waals surface area contributed by atoms with Crippen molar-refractivity contribution >= 4 is 65.4 Å². The van der Waals surface area contributed by atoms with Crippen molar-refractivity contribution in [3.05, 3.63) is 170 Å². The molecule has 0 fully saturated rings. The third-order valence-corrected chi connectivity index (χ3v) is 10.3. The highest BCUT2D eigenvalue weighted by Crippen LogP contribution is 2.41. The Bertz CT molecular complexity index is 3070. The molecule has 0 aliphatic rings. The molecule has 0 bridgehead atoms. The summed E-state index contributed by atoms with van der Waals surface area (Å²) in [6.07, 6.45) is 1.93. The molecule has 52 heavy (non-hydrogen) atoms. The highest BCUT2D eigenvalue weighted by atomic mass is 16.3. The fourth-order valence-electron chi connectivity index (χ4n) is 7.88. The zero-order chi connectivity index (χ0) is 34.2. The molecule has 0 spiro atoms. The van der Waals surface area contributed by atoms with Gasteiger partial charge in [0.15, 0.2) is 5.82 Å². The summed E-state index contributed by atoms with van der Waals surface area (Å²) in [6, 6.07) is 57.2. The lowest BCUT2D eigenvalue weighted by Crippen LogP contribution is -1.98. The summed E-state index contributed by atoms with van der Waals surface area (Å²) in [6.45, 7) is 0. The molecule has 0 atom stereocenters. The molecule has 5 heteroatoms. The molecular formula is C47H28N4O. The zero-order valence-electron chi connectivity index (χ0n) is 27.9. The van der Waals surface area contributed by atoms with Crippen LogP contribution in [0.2, 0.25) is 0 Å². The molecule has 0 aliphatic carbocycles. The highest BCUT2D eigenvalue weighted by Gasteiger charge is 2.21. The zero-order valence-corrected chi connectivity index (χ0v) is 27.9. The van der Waals surface area contributed by atoms with E-state index in [0.29, 0.717) is 17.2 Å². The second-order valence-electron chi connectivity index (χ2n) is 13.2. The van der Waals surface area contributed by atoms with Crippen LogP contribution >= 0.6 is 0 Å². The first-order chi connectivity index (χ1) is 25.8. The van der Waals surface area contributed by atoms with E-state index in [2.05, 4.69) is 132 Å². The molecule has 0 N–H and O–H groups in total. The lowest BCUT2D eigenvalue weighted by molar-refractivity contribution is 0.653. The summed E-state index contributed by atoms with van der Waals surface area (Å²) in [4.78, 5) is 15.2. The largest absolute Gasteiger partial charge is 0.438 e. The average Bonchev–Trinajstić information content (AvgIpc) is 3.77. The third-order valence-electron chi connectivity index (χ3n) is 10.3. The Labute approximate surface area is 298 Å². The Kier molecular flexibility index (Phi) is 6.18. The lowest BCUT2D eigenvalue weighted by atomic mass is 10.00. The van der Waals surface area contributed by atoms with Gasteiger partial charge in [-0.25, -0.2) is 4.98 Å². The van der Waals surface area contributed by atoms with Gasteiger partial charge in [-0.15, -0.1) is 0 Å². The van der Waals surface area contributed by atoms with E-state index in [9.17, 15) is 0 Å². The van der Waals surface area contributed by atoms with E-state index in [1.54, 1.807) is 0 Å². The molecule has 0 saturated heterocycles. The average molecular weight is 665 g/mol. The van der Waals surface area contributed by atoms with E-state index in [1.165, 1.54) is 32.3 Å². The van der Waals surface area contributed by atoms with Crippen molar-refractivity contribution in [1.82, 2.24) is 19.5 Å². The number of pyridine rings is 1. The standard InChI is InChI=1S/C47H28N4O/c1-3-11-29(12-4-1)33-21-26-41-37(27-33)44-45(32-15-5-2-6-16-32)49-46(50-47(44)52-41)38-23-22-34(28-48-38)51-39-24-19-30-13-7-9-17-35(30)42(39)43-36-18-10-8-14-31(36)20-25-40(43)51/h1-28H. The molecule has 4 heterocycles. The Morgan fingerprint density at radius 1 is 0.462 bits per heavy atom. The maximum Gasteiger partial charge on any atom is 0.231 e. The first-order valence-corrected chi connectivity index (χ1v) is 17.4. The van der Waals surface area contributed by atoms with Crippen molar-refractivity contribution < 1.29 is 4.42 Å². The van der Waals surface area contributed by atoms with Gasteiger partial charge in [0.2, 0.25) is 5.71 Å². The second kappa shape index (κ2) is 11.2. The van der Waals surface area contributed by atoms with Gasteiger partial charge in [0.05, 0.1) is 34.0 Å². The van der Waals surface area contributed by atoms with E-state index >= 15 is 0 Å². The van der Waals surface area contributed by atoms with Crippen molar-refractivity contribution in [2.24, 2.45) is 0 Å². The smallest absolute Gasteiger partial charge is 0.231 e. The van der Waals surface area contributed by atoms with Gasteiger partial charge in [-0.2, -0.15) is 4.98 Å². The van der Waals surface area contributed by atoms with E-state index in [1.807, 2.05) is 42.6 Å². The van der Waals surface area contributed by atoms with Gasteiger partial charge in [0.1, 0.15) is 11.3 Å². The lowest BCUT2D eigenvalue weighted by Gasteiger charge is -2.10. The summed E-state index contributed by atoms with van der Waals surface area (Å²) in [5, 5.41) is 9.29. The van der Waals surface area contributed by atoms with Crippen LogP contribution in [0.1, 0.15) is 0 Å². The van der Waals surface area contributed by atoms with Gasteiger partial charge < -0.3 is 8.98 Å². The topological polar surface area (TPSA) is 56.7 Å².